The molecule has 0 aliphatic carbocycles. The number of morpholine rings is 1. The van der Waals surface area contributed by atoms with Crippen LogP contribution in [0.4, 0.5) is 5.69 Å². The van der Waals surface area contributed by atoms with E-state index in [9.17, 15) is 4.79 Å². The minimum atomic E-state index is -0.487. The highest BCUT2D eigenvalue weighted by Crippen LogP contribution is 2.16. The number of ether oxygens (including phenoxy) is 2. The summed E-state index contributed by atoms with van der Waals surface area (Å²) >= 11 is 0. The fourth-order valence-corrected chi connectivity index (χ4v) is 1.89. The Bertz CT molecular complexity index is 496. The van der Waals surface area contributed by atoms with E-state index in [0.29, 0.717) is 6.61 Å². The van der Waals surface area contributed by atoms with Gasteiger partial charge in [-0.25, -0.2) is 4.79 Å². The Kier molecular flexibility index (Phi) is 4.82. The van der Waals surface area contributed by atoms with Crippen LogP contribution in [0.2, 0.25) is 0 Å². The summed E-state index contributed by atoms with van der Waals surface area (Å²) in [4.78, 5) is 13.4. The third-order valence-corrected chi connectivity index (χ3v) is 2.81. The van der Waals surface area contributed by atoms with Crippen LogP contribution in [0, 0.1) is 11.8 Å². The average Bonchev–Trinajstić information content (AvgIpc) is 2.47. The van der Waals surface area contributed by atoms with Crippen LogP contribution in [-0.2, 0) is 14.3 Å². The van der Waals surface area contributed by atoms with Crippen molar-refractivity contribution < 1.29 is 14.3 Å². The molecule has 0 saturated carbocycles. The Labute approximate surface area is 113 Å². The van der Waals surface area contributed by atoms with E-state index in [4.69, 9.17) is 9.47 Å². The molecule has 0 amide bonds. The molecule has 1 heterocycles. The average molecular weight is 259 g/mol. The van der Waals surface area contributed by atoms with E-state index in [2.05, 4.69) is 16.7 Å². The molecule has 1 aromatic rings. The quantitative estimate of drug-likeness (QED) is 0.595. The predicted octanol–water partition coefficient (Wildman–Crippen LogP) is 1.44. The summed E-state index contributed by atoms with van der Waals surface area (Å²) in [7, 11) is 0. The van der Waals surface area contributed by atoms with Gasteiger partial charge in [0.15, 0.2) is 0 Å². The van der Waals surface area contributed by atoms with Gasteiger partial charge in [0, 0.05) is 30.3 Å². The summed E-state index contributed by atoms with van der Waals surface area (Å²) in [5, 5.41) is 0. The number of rotatable bonds is 2. The Balaban J connectivity index is 2.08. The first-order chi connectivity index (χ1) is 9.29. The molecule has 1 saturated heterocycles. The topological polar surface area (TPSA) is 38.8 Å². The lowest BCUT2D eigenvalue weighted by molar-refractivity contribution is -0.136. The highest BCUT2D eigenvalue weighted by Gasteiger charge is 2.10. The molecular weight excluding hydrogens is 242 g/mol. The molecule has 2 rings (SSSR count). The van der Waals surface area contributed by atoms with Crippen molar-refractivity contribution in [3.05, 3.63) is 29.8 Å². The largest absolute Gasteiger partial charge is 0.456 e. The first kappa shape index (κ1) is 13.4. The molecule has 1 fully saturated rings. The summed E-state index contributed by atoms with van der Waals surface area (Å²) in [6.45, 7) is 5.38. The van der Waals surface area contributed by atoms with Gasteiger partial charge in [-0.3, -0.25) is 0 Å². The summed E-state index contributed by atoms with van der Waals surface area (Å²) in [5.74, 6) is 4.82. The molecule has 4 nitrogen and oxygen atoms in total. The molecule has 0 N–H and O–H groups in total. The van der Waals surface area contributed by atoms with E-state index in [0.717, 1.165) is 37.6 Å². The second-order valence-corrected chi connectivity index (χ2v) is 4.12. The molecular formula is C15H17NO3. The Morgan fingerprint density at radius 3 is 2.95 bits per heavy atom. The third kappa shape index (κ3) is 4.01. The van der Waals surface area contributed by atoms with Gasteiger partial charge in [-0.15, -0.1) is 0 Å². The summed E-state index contributed by atoms with van der Waals surface area (Å²) in [6.07, 6.45) is 0. The standard InChI is InChI=1S/C15H17NO3/c1-2-19-15(17)7-6-13-4-3-5-14(12-13)16-8-10-18-11-9-16/h3-5,12H,2,8-11H2,1H3. The SMILES string of the molecule is CCOC(=O)C#Cc1cccc(N2CCOCC2)c1. The van der Waals surface area contributed by atoms with Gasteiger partial charge in [-0.1, -0.05) is 12.0 Å². The van der Waals surface area contributed by atoms with E-state index in [1.165, 1.54) is 0 Å². The van der Waals surface area contributed by atoms with Crippen LogP contribution in [0.25, 0.3) is 0 Å². The molecule has 1 aliphatic heterocycles. The molecule has 0 bridgehead atoms. The number of carbonyl (C=O) groups is 1. The van der Waals surface area contributed by atoms with Crippen LogP contribution in [0.15, 0.2) is 24.3 Å². The minimum absolute atomic E-state index is 0.349. The second kappa shape index (κ2) is 6.81. The maximum absolute atomic E-state index is 11.2. The van der Waals surface area contributed by atoms with Gasteiger partial charge < -0.3 is 14.4 Å². The minimum Gasteiger partial charge on any atom is -0.456 e. The van der Waals surface area contributed by atoms with Crippen molar-refractivity contribution in [1.82, 2.24) is 0 Å². The Hall–Kier alpha value is -1.99. The highest BCUT2D eigenvalue weighted by molar-refractivity contribution is 5.89. The van der Waals surface area contributed by atoms with Crippen molar-refractivity contribution in [1.29, 1.82) is 0 Å². The van der Waals surface area contributed by atoms with Gasteiger partial charge >= 0.3 is 5.97 Å². The van der Waals surface area contributed by atoms with Crippen molar-refractivity contribution in [3.8, 4) is 11.8 Å². The number of carbonyl (C=O) groups excluding carboxylic acids is 1. The van der Waals surface area contributed by atoms with Crippen molar-refractivity contribution in [2.45, 2.75) is 6.92 Å². The van der Waals surface area contributed by atoms with E-state index < -0.39 is 5.97 Å². The number of hydrogen-bond donors (Lipinski definition) is 0. The van der Waals surface area contributed by atoms with Crippen LogP contribution < -0.4 is 4.90 Å². The first-order valence-electron chi connectivity index (χ1n) is 6.41. The Morgan fingerprint density at radius 2 is 2.21 bits per heavy atom. The third-order valence-electron chi connectivity index (χ3n) is 2.81. The van der Waals surface area contributed by atoms with Crippen LogP contribution >= 0.6 is 0 Å². The van der Waals surface area contributed by atoms with E-state index in [-0.39, 0.29) is 0 Å². The number of esters is 1. The van der Waals surface area contributed by atoms with Gasteiger partial charge in [0.1, 0.15) is 0 Å². The molecule has 0 unspecified atom stereocenters. The number of nitrogens with zero attached hydrogens (tertiary/aromatic N) is 1. The molecule has 19 heavy (non-hydrogen) atoms. The molecule has 0 aromatic heterocycles. The summed E-state index contributed by atoms with van der Waals surface area (Å²) in [5.41, 5.74) is 1.93. The lowest BCUT2D eigenvalue weighted by Crippen LogP contribution is -2.36. The van der Waals surface area contributed by atoms with E-state index in [1.54, 1.807) is 6.92 Å². The number of hydrogen-bond acceptors (Lipinski definition) is 4. The lowest BCUT2D eigenvalue weighted by atomic mass is 10.2. The molecule has 4 heteroatoms. The monoisotopic (exact) mass is 259 g/mol. The van der Waals surface area contributed by atoms with Crippen molar-refractivity contribution >= 4 is 11.7 Å². The van der Waals surface area contributed by atoms with Crippen molar-refractivity contribution in [2.75, 3.05) is 37.8 Å². The van der Waals surface area contributed by atoms with Crippen molar-refractivity contribution in [2.24, 2.45) is 0 Å². The van der Waals surface area contributed by atoms with Crippen LogP contribution in [0.5, 0.6) is 0 Å². The fraction of sp³-hybridized carbons (Fsp3) is 0.400. The van der Waals surface area contributed by atoms with Gasteiger partial charge in [0.05, 0.1) is 19.8 Å². The van der Waals surface area contributed by atoms with Crippen LogP contribution in [-0.4, -0.2) is 38.9 Å². The molecule has 0 atom stereocenters. The first-order valence-corrected chi connectivity index (χ1v) is 6.41. The van der Waals surface area contributed by atoms with Crippen molar-refractivity contribution in [3.63, 3.8) is 0 Å². The van der Waals surface area contributed by atoms with Crippen LogP contribution in [0.1, 0.15) is 12.5 Å². The molecule has 100 valence electrons. The normalized spacial score (nSPS) is 14.5. The van der Waals surface area contributed by atoms with E-state index in [1.807, 2.05) is 24.3 Å². The highest BCUT2D eigenvalue weighted by atomic mass is 16.5. The number of benzene rings is 1. The predicted molar refractivity (Wildman–Crippen MR) is 73.0 cm³/mol. The smallest absolute Gasteiger partial charge is 0.384 e. The second-order valence-electron chi connectivity index (χ2n) is 4.12. The zero-order valence-electron chi connectivity index (χ0n) is 11.0. The van der Waals surface area contributed by atoms with Gasteiger partial charge in [0.2, 0.25) is 0 Å². The summed E-state index contributed by atoms with van der Waals surface area (Å²) in [6, 6.07) is 7.86. The summed E-state index contributed by atoms with van der Waals surface area (Å²) < 4.78 is 10.1. The van der Waals surface area contributed by atoms with Crippen LogP contribution in [0.3, 0.4) is 0 Å². The Morgan fingerprint density at radius 1 is 1.42 bits per heavy atom. The number of anilines is 1. The van der Waals surface area contributed by atoms with E-state index >= 15 is 0 Å². The maximum Gasteiger partial charge on any atom is 0.384 e. The zero-order valence-corrected chi connectivity index (χ0v) is 11.0. The lowest BCUT2D eigenvalue weighted by Gasteiger charge is -2.28. The zero-order chi connectivity index (χ0) is 13.5. The fourth-order valence-electron chi connectivity index (χ4n) is 1.89. The van der Waals surface area contributed by atoms with Gasteiger partial charge in [0.25, 0.3) is 0 Å². The maximum atomic E-state index is 11.2. The molecule has 1 aromatic carbocycles. The molecule has 1 aliphatic rings. The van der Waals surface area contributed by atoms with Gasteiger partial charge in [-0.2, -0.15) is 0 Å². The molecule has 0 radical (unpaired) electrons. The molecule has 0 spiro atoms. The van der Waals surface area contributed by atoms with Gasteiger partial charge in [-0.05, 0) is 25.1 Å².